The van der Waals surface area contributed by atoms with Gasteiger partial charge in [-0.2, -0.15) is 0 Å². The van der Waals surface area contributed by atoms with Gasteiger partial charge in [-0.05, 0) is 32.2 Å². The Hall–Kier alpha value is -1.27. The van der Waals surface area contributed by atoms with Crippen LogP contribution in [0.2, 0.25) is 0 Å². The van der Waals surface area contributed by atoms with E-state index in [4.69, 9.17) is 10.5 Å². The molecule has 1 aliphatic heterocycles. The Morgan fingerprint density at radius 1 is 1.58 bits per heavy atom. The normalized spacial score (nSPS) is 16.3. The van der Waals surface area contributed by atoms with Gasteiger partial charge < -0.3 is 20.7 Å². The van der Waals surface area contributed by atoms with Crippen molar-refractivity contribution in [2.24, 2.45) is 0 Å². The molecule has 1 aromatic heterocycles. The molecule has 19 heavy (non-hydrogen) atoms. The largest absolute Gasteiger partial charge is 0.444 e. The number of nitrogens with two attached hydrogens (primary N) is 1. The van der Waals surface area contributed by atoms with Crippen molar-refractivity contribution in [1.29, 1.82) is 0 Å². The summed E-state index contributed by atoms with van der Waals surface area (Å²) in [5, 5.41) is 5.38. The molecule has 1 amide bonds. The Morgan fingerprint density at radius 3 is 2.79 bits per heavy atom. The van der Waals surface area contributed by atoms with Crippen molar-refractivity contribution in [2.45, 2.75) is 39.0 Å². The van der Waals surface area contributed by atoms with Crippen molar-refractivity contribution in [3.05, 3.63) is 16.3 Å². The minimum atomic E-state index is -0.430. The van der Waals surface area contributed by atoms with Crippen molar-refractivity contribution in [1.82, 2.24) is 10.2 Å². The highest BCUT2D eigenvalue weighted by Crippen LogP contribution is 2.20. The number of nitrogen functional groups attached to an aromatic ring is 1. The van der Waals surface area contributed by atoms with Crippen LogP contribution >= 0.6 is 11.3 Å². The van der Waals surface area contributed by atoms with Crippen LogP contribution in [0.4, 0.5) is 10.5 Å². The number of rotatable bonds is 3. The van der Waals surface area contributed by atoms with Crippen molar-refractivity contribution < 1.29 is 9.53 Å². The average Bonchev–Trinajstić information content (AvgIpc) is 2.59. The van der Waals surface area contributed by atoms with Gasteiger partial charge in [-0.25, -0.2) is 4.79 Å². The molecule has 1 aromatic rings. The number of nitrogens with one attached hydrogen (secondary N) is 1. The van der Waals surface area contributed by atoms with Crippen LogP contribution in [0, 0.1) is 0 Å². The number of ether oxygens (including phenoxy) is 1. The monoisotopic (exact) mass is 283 g/mol. The number of anilines is 1. The molecular formula is C13H21N3O2S. The van der Waals surface area contributed by atoms with Crippen LogP contribution < -0.4 is 11.1 Å². The molecule has 0 bridgehead atoms. The van der Waals surface area contributed by atoms with Gasteiger partial charge >= 0.3 is 6.09 Å². The van der Waals surface area contributed by atoms with Crippen LogP contribution in [0.25, 0.3) is 0 Å². The molecule has 6 heteroatoms. The molecule has 106 valence electrons. The Bertz CT molecular complexity index is 447. The number of thiophene rings is 1. The molecule has 3 N–H and O–H groups in total. The molecule has 0 aliphatic carbocycles. The molecule has 2 rings (SSSR count). The van der Waals surface area contributed by atoms with Crippen molar-refractivity contribution >= 4 is 23.1 Å². The predicted molar refractivity (Wildman–Crippen MR) is 77.2 cm³/mol. The number of nitrogens with zero attached hydrogens (tertiary/aromatic N) is 1. The highest BCUT2D eigenvalue weighted by molar-refractivity contribution is 7.10. The van der Waals surface area contributed by atoms with Gasteiger partial charge in [-0.3, -0.25) is 0 Å². The fraction of sp³-hybridized carbons (Fsp3) is 0.615. The maximum absolute atomic E-state index is 11.7. The van der Waals surface area contributed by atoms with Crippen LogP contribution in [0.5, 0.6) is 0 Å². The molecule has 1 saturated heterocycles. The van der Waals surface area contributed by atoms with Gasteiger partial charge in [0.05, 0.1) is 0 Å². The first-order valence-electron chi connectivity index (χ1n) is 6.38. The lowest BCUT2D eigenvalue weighted by Gasteiger charge is -2.40. The summed E-state index contributed by atoms with van der Waals surface area (Å²) in [6, 6.07) is 2.24. The zero-order chi connectivity index (χ0) is 14.0. The van der Waals surface area contributed by atoms with Gasteiger partial charge in [0.1, 0.15) is 5.60 Å². The standard InChI is InChI=1S/C13H21N3O2S/c1-13(2,3)18-12(17)16-7-9(8-16)15-6-11-10(14)4-5-19-11/h4-5,9,15H,6-8,14H2,1-3H3. The predicted octanol–water partition coefficient (Wildman–Crippen LogP) is 2.04. The first-order chi connectivity index (χ1) is 8.85. The van der Waals surface area contributed by atoms with Crippen LogP contribution in [0.15, 0.2) is 11.4 Å². The van der Waals surface area contributed by atoms with E-state index in [1.54, 1.807) is 16.2 Å². The zero-order valence-corrected chi connectivity index (χ0v) is 12.4. The molecule has 2 heterocycles. The number of amides is 1. The Kier molecular flexibility index (Phi) is 4.01. The lowest BCUT2D eigenvalue weighted by molar-refractivity contribution is 0.00521. The fourth-order valence-corrected chi connectivity index (χ4v) is 2.56. The molecule has 1 aliphatic rings. The van der Waals surface area contributed by atoms with Crippen molar-refractivity contribution in [3.8, 4) is 0 Å². The first-order valence-corrected chi connectivity index (χ1v) is 7.26. The summed E-state index contributed by atoms with van der Waals surface area (Å²) in [7, 11) is 0. The highest BCUT2D eigenvalue weighted by Gasteiger charge is 2.33. The second-order valence-electron chi connectivity index (χ2n) is 5.76. The second-order valence-corrected chi connectivity index (χ2v) is 6.76. The average molecular weight is 283 g/mol. The first kappa shape index (κ1) is 14.1. The molecule has 5 nitrogen and oxygen atoms in total. The number of hydrogen-bond acceptors (Lipinski definition) is 5. The minimum absolute atomic E-state index is 0.235. The van der Waals surface area contributed by atoms with E-state index >= 15 is 0 Å². The molecule has 0 spiro atoms. The smallest absolute Gasteiger partial charge is 0.410 e. The Balaban J connectivity index is 1.69. The van der Waals surface area contributed by atoms with E-state index in [-0.39, 0.29) is 6.09 Å². The quantitative estimate of drug-likeness (QED) is 0.891. The summed E-state index contributed by atoms with van der Waals surface area (Å²) in [6.07, 6.45) is -0.235. The number of carbonyl (C=O) groups is 1. The summed E-state index contributed by atoms with van der Waals surface area (Å²) in [4.78, 5) is 14.6. The van der Waals surface area contributed by atoms with E-state index in [2.05, 4.69) is 5.32 Å². The molecular weight excluding hydrogens is 262 g/mol. The molecule has 0 saturated carbocycles. The Labute approximate surface area is 117 Å². The third-order valence-electron chi connectivity index (χ3n) is 2.86. The van der Waals surface area contributed by atoms with Gasteiger partial charge in [-0.15, -0.1) is 11.3 Å². The summed E-state index contributed by atoms with van der Waals surface area (Å²) in [5.74, 6) is 0. The fourth-order valence-electron chi connectivity index (χ4n) is 1.81. The third-order valence-corrected chi connectivity index (χ3v) is 3.80. The van der Waals surface area contributed by atoms with Crippen molar-refractivity contribution in [2.75, 3.05) is 18.8 Å². The summed E-state index contributed by atoms with van der Waals surface area (Å²) < 4.78 is 5.30. The minimum Gasteiger partial charge on any atom is -0.444 e. The van der Waals surface area contributed by atoms with Crippen molar-refractivity contribution in [3.63, 3.8) is 0 Å². The van der Waals surface area contributed by atoms with E-state index in [9.17, 15) is 4.79 Å². The van der Waals surface area contributed by atoms with E-state index < -0.39 is 5.60 Å². The third kappa shape index (κ3) is 3.84. The van der Waals surface area contributed by atoms with E-state index in [0.29, 0.717) is 19.1 Å². The van der Waals surface area contributed by atoms with Gasteiger partial charge in [0.25, 0.3) is 0 Å². The zero-order valence-electron chi connectivity index (χ0n) is 11.6. The Morgan fingerprint density at radius 2 is 2.26 bits per heavy atom. The number of hydrogen-bond donors (Lipinski definition) is 2. The van der Waals surface area contributed by atoms with Crippen LogP contribution in [-0.4, -0.2) is 35.7 Å². The maximum Gasteiger partial charge on any atom is 0.410 e. The summed E-state index contributed by atoms with van der Waals surface area (Å²) >= 11 is 1.65. The van der Waals surface area contributed by atoms with Gasteiger partial charge in [-0.1, -0.05) is 0 Å². The molecule has 0 unspecified atom stereocenters. The summed E-state index contributed by atoms with van der Waals surface area (Å²) in [5.41, 5.74) is 6.22. The second kappa shape index (κ2) is 5.38. The molecule has 0 aromatic carbocycles. The van der Waals surface area contributed by atoms with Gasteiger partial charge in [0, 0.05) is 36.2 Å². The number of carbonyl (C=O) groups excluding carboxylic acids is 1. The molecule has 0 atom stereocenters. The maximum atomic E-state index is 11.7. The van der Waals surface area contributed by atoms with Gasteiger partial charge in [0.2, 0.25) is 0 Å². The SMILES string of the molecule is CC(C)(C)OC(=O)N1CC(NCc2sccc2N)C1. The van der Waals surface area contributed by atoms with E-state index in [1.165, 1.54) is 0 Å². The topological polar surface area (TPSA) is 67.6 Å². The molecule has 0 radical (unpaired) electrons. The lowest BCUT2D eigenvalue weighted by Crippen LogP contribution is -2.60. The summed E-state index contributed by atoms with van der Waals surface area (Å²) in [6.45, 7) is 7.77. The molecule has 1 fully saturated rings. The number of likely N-dealkylation sites (tertiary alicyclic amines) is 1. The van der Waals surface area contributed by atoms with E-state index in [1.807, 2.05) is 32.2 Å². The van der Waals surface area contributed by atoms with Crippen LogP contribution in [-0.2, 0) is 11.3 Å². The van der Waals surface area contributed by atoms with E-state index in [0.717, 1.165) is 17.1 Å². The van der Waals surface area contributed by atoms with Gasteiger partial charge in [0.15, 0.2) is 0 Å². The highest BCUT2D eigenvalue weighted by atomic mass is 32.1. The lowest BCUT2D eigenvalue weighted by atomic mass is 10.1. The van der Waals surface area contributed by atoms with Crippen LogP contribution in [0.3, 0.4) is 0 Å². The van der Waals surface area contributed by atoms with Crippen LogP contribution in [0.1, 0.15) is 25.6 Å².